The SMILES string of the molecule is O=C(C1COc2ccccc2O1)N1CC2CNCC2C1. The highest BCUT2D eigenvalue weighted by atomic mass is 16.6. The Bertz CT molecular complexity index is 522. The molecule has 3 atom stereocenters. The highest BCUT2D eigenvalue weighted by Crippen LogP contribution is 2.32. The van der Waals surface area contributed by atoms with Crippen molar-refractivity contribution >= 4 is 5.91 Å². The molecule has 1 amide bonds. The second kappa shape index (κ2) is 4.66. The number of carbonyl (C=O) groups is 1. The first kappa shape index (κ1) is 12.0. The molecular formula is C15H18N2O3. The van der Waals surface area contributed by atoms with Crippen molar-refractivity contribution in [3.63, 3.8) is 0 Å². The summed E-state index contributed by atoms with van der Waals surface area (Å²) in [5.74, 6) is 2.66. The lowest BCUT2D eigenvalue weighted by Gasteiger charge is -2.29. The van der Waals surface area contributed by atoms with E-state index in [2.05, 4.69) is 5.32 Å². The van der Waals surface area contributed by atoms with Gasteiger partial charge < -0.3 is 19.7 Å². The largest absolute Gasteiger partial charge is 0.485 e. The molecule has 1 N–H and O–H groups in total. The molecule has 3 aliphatic heterocycles. The Morgan fingerprint density at radius 2 is 1.85 bits per heavy atom. The Kier molecular flexibility index (Phi) is 2.80. The number of hydrogen-bond acceptors (Lipinski definition) is 4. The average Bonchev–Trinajstić information content (AvgIpc) is 3.07. The number of hydrogen-bond donors (Lipinski definition) is 1. The molecule has 2 fully saturated rings. The van der Waals surface area contributed by atoms with E-state index in [0.717, 1.165) is 31.9 Å². The van der Waals surface area contributed by atoms with Crippen LogP contribution in [0.4, 0.5) is 0 Å². The van der Waals surface area contributed by atoms with Crippen LogP contribution in [-0.2, 0) is 4.79 Å². The van der Waals surface area contributed by atoms with E-state index in [9.17, 15) is 4.79 Å². The standard InChI is InChI=1S/C15H18N2O3/c18-15(17-7-10-5-16-6-11(10)8-17)14-9-19-12-3-1-2-4-13(12)20-14/h1-4,10-11,14,16H,5-9H2. The van der Waals surface area contributed by atoms with Crippen molar-refractivity contribution in [2.75, 3.05) is 32.8 Å². The van der Waals surface area contributed by atoms with Crippen LogP contribution in [-0.4, -0.2) is 49.7 Å². The van der Waals surface area contributed by atoms with Crippen molar-refractivity contribution in [2.45, 2.75) is 6.10 Å². The van der Waals surface area contributed by atoms with Crippen LogP contribution in [0.3, 0.4) is 0 Å². The summed E-state index contributed by atoms with van der Waals surface area (Å²) < 4.78 is 11.4. The molecule has 20 heavy (non-hydrogen) atoms. The summed E-state index contributed by atoms with van der Waals surface area (Å²) in [5, 5.41) is 3.38. The molecule has 1 aromatic carbocycles. The Morgan fingerprint density at radius 1 is 1.15 bits per heavy atom. The number of nitrogens with zero attached hydrogens (tertiary/aromatic N) is 1. The van der Waals surface area contributed by atoms with Gasteiger partial charge in [-0.2, -0.15) is 0 Å². The summed E-state index contributed by atoms with van der Waals surface area (Å²) in [4.78, 5) is 14.5. The number of amides is 1. The second-order valence-electron chi connectivity index (χ2n) is 5.79. The van der Waals surface area contributed by atoms with E-state index in [0.29, 0.717) is 24.2 Å². The molecule has 3 aliphatic rings. The third-order valence-electron chi connectivity index (χ3n) is 4.49. The first-order valence-corrected chi connectivity index (χ1v) is 7.19. The molecule has 5 nitrogen and oxygen atoms in total. The highest BCUT2D eigenvalue weighted by Gasteiger charge is 2.41. The number of para-hydroxylation sites is 2. The predicted molar refractivity (Wildman–Crippen MR) is 72.8 cm³/mol. The van der Waals surface area contributed by atoms with Gasteiger partial charge in [-0.1, -0.05) is 12.1 Å². The van der Waals surface area contributed by atoms with Gasteiger partial charge in [0.1, 0.15) is 6.61 Å². The maximum absolute atomic E-state index is 12.5. The van der Waals surface area contributed by atoms with Crippen LogP contribution < -0.4 is 14.8 Å². The second-order valence-corrected chi connectivity index (χ2v) is 5.79. The van der Waals surface area contributed by atoms with E-state index in [-0.39, 0.29) is 5.91 Å². The normalized spacial score (nSPS) is 31.2. The van der Waals surface area contributed by atoms with Crippen molar-refractivity contribution in [3.8, 4) is 11.5 Å². The van der Waals surface area contributed by atoms with Gasteiger partial charge in [0.05, 0.1) is 0 Å². The quantitative estimate of drug-likeness (QED) is 0.810. The highest BCUT2D eigenvalue weighted by molar-refractivity contribution is 5.82. The summed E-state index contributed by atoms with van der Waals surface area (Å²) in [6, 6.07) is 7.50. The van der Waals surface area contributed by atoms with E-state index in [1.54, 1.807) is 0 Å². The van der Waals surface area contributed by atoms with Gasteiger partial charge in [0.15, 0.2) is 11.5 Å². The first-order valence-electron chi connectivity index (χ1n) is 7.19. The number of likely N-dealkylation sites (tertiary alicyclic amines) is 1. The Hall–Kier alpha value is -1.75. The monoisotopic (exact) mass is 274 g/mol. The molecular weight excluding hydrogens is 256 g/mol. The van der Waals surface area contributed by atoms with Crippen molar-refractivity contribution in [1.29, 1.82) is 0 Å². The fourth-order valence-electron chi connectivity index (χ4n) is 3.38. The van der Waals surface area contributed by atoms with Crippen LogP contribution in [0.15, 0.2) is 24.3 Å². The van der Waals surface area contributed by atoms with Gasteiger partial charge in [0.25, 0.3) is 5.91 Å². The van der Waals surface area contributed by atoms with Crippen LogP contribution in [0, 0.1) is 11.8 Å². The van der Waals surface area contributed by atoms with Gasteiger partial charge in [-0.3, -0.25) is 4.79 Å². The maximum Gasteiger partial charge on any atom is 0.267 e. The Labute approximate surface area is 117 Å². The van der Waals surface area contributed by atoms with Gasteiger partial charge in [-0.25, -0.2) is 0 Å². The van der Waals surface area contributed by atoms with Gasteiger partial charge in [0, 0.05) is 26.2 Å². The van der Waals surface area contributed by atoms with Gasteiger partial charge in [-0.15, -0.1) is 0 Å². The fourth-order valence-corrected chi connectivity index (χ4v) is 3.38. The van der Waals surface area contributed by atoms with Gasteiger partial charge in [0.2, 0.25) is 6.10 Å². The number of fused-ring (bicyclic) bond motifs is 2. The van der Waals surface area contributed by atoms with E-state index >= 15 is 0 Å². The van der Waals surface area contributed by atoms with Crippen molar-refractivity contribution in [2.24, 2.45) is 11.8 Å². The minimum absolute atomic E-state index is 0.0638. The molecule has 2 saturated heterocycles. The predicted octanol–water partition coefficient (Wildman–Crippen LogP) is 0.504. The molecule has 1 aromatic rings. The third-order valence-corrected chi connectivity index (χ3v) is 4.49. The average molecular weight is 274 g/mol. The molecule has 0 bridgehead atoms. The molecule has 106 valence electrons. The zero-order valence-electron chi connectivity index (χ0n) is 11.2. The fraction of sp³-hybridized carbons (Fsp3) is 0.533. The van der Waals surface area contributed by atoms with Crippen molar-refractivity contribution in [3.05, 3.63) is 24.3 Å². The molecule has 5 heteroatoms. The lowest BCUT2D eigenvalue weighted by molar-refractivity contribution is -0.140. The van der Waals surface area contributed by atoms with Crippen LogP contribution in [0.2, 0.25) is 0 Å². The molecule has 0 aromatic heterocycles. The minimum Gasteiger partial charge on any atom is -0.485 e. The number of ether oxygens (including phenoxy) is 2. The summed E-state index contributed by atoms with van der Waals surface area (Å²) in [6.07, 6.45) is -0.503. The molecule has 0 radical (unpaired) electrons. The smallest absolute Gasteiger partial charge is 0.267 e. The zero-order valence-corrected chi connectivity index (χ0v) is 11.2. The number of nitrogens with one attached hydrogen (secondary N) is 1. The summed E-state index contributed by atoms with van der Waals surface area (Å²) >= 11 is 0. The summed E-state index contributed by atoms with van der Waals surface area (Å²) in [7, 11) is 0. The lowest BCUT2D eigenvalue weighted by atomic mass is 10.0. The third kappa shape index (κ3) is 1.93. The van der Waals surface area contributed by atoms with Gasteiger partial charge >= 0.3 is 0 Å². The molecule has 0 saturated carbocycles. The Morgan fingerprint density at radius 3 is 2.60 bits per heavy atom. The van der Waals surface area contributed by atoms with Crippen molar-refractivity contribution in [1.82, 2.24) is 10.2 Å². The Balaban J connectivity index is 1.45. The number of benzene rings is 1. The van der Waals surface area contributed by atoms with Gasteiger partial charge in [-0.05, 0) is 24.0 Å². The molecule has 3 unspecified atom stereocenters. The molecule has 4 rings (SSSR count). The summed E-state index contributed by atoms with van der Waals surface area (Å²) in [6.45, 7) is 4.05. The minimum atomic E-state index is -0.503. The van der Waals surface area contributed by atoms with E-state index in [1.165, 1.54) is 0 Å². The van der Waals surface area contributed by atoms with Crippen LogP contribution in [0.5, 0.6) is 11.5 Å². The van der Waals surface area contributed by atoms with E-state index in [1.807, 2.05) is 29.2 Å². The first-order chi connectivity index (χ1) is 9.81. The molecule has 0 spiro atoms. The molecule has 3 heterocycles. The van der Waals surface area contributed by atoms with Crippen LogP contribution in [0.1, 0.15) is 0 Å². The number of carbonyl (C=O) groups excluding carboxylic acids is 1. The summed E-state index contributed by atoms with van der Waals surface area (Å²) in [5.41, 5.74) is 0. The van der Waals surface area contributed by atoms with Crippen LogP contribution >= 0.6 is 0 Å². The zero-order chi connectivity index (χ0) is 13.5. The van der Waals surface area contributed by atoms with Crippen LogP contribution in [0.25, 0.3) is 0 Å². The molecule has 0 aliphatic carbocycles. The lowest BCUT2D eigenvalue weighted by Crippen LogP contribution is -2.46. The van der Waals surface area contributed by atoms with E-state index < -0.39 is 6.10 Å². The number of rotatable bonds is 1. The maximum atomic E-state index is 12.5. The van der Waals surface area contributed by atoms with E-state index in [4.69, 9.17) is 9.47 Å². The van der Waals surface area contributed by atoms with Crippen molar-refractivity contribution < 1.29 is 14.3 Å². The topological polar surface area (TPSA) is 50.8 Å².